The molecule has 96 valence electrons. The van der Waals surface area contributed by atoms with Gasteiger partial charge in [0, 0.05) is 13.1 Å². The SMILES string of the molecule is CN(C)C[C@@H]1C[C@H](O)[C@@H](CN(C)C)C[C@H]1O. The Labute approximate surface area is 98.9 Å². The fourth-order valence-corrected chi connectivity index (χ4v) is 2.65. The van der Waals surface area contributed by atoms with Crippen LogP contribution >= 0.6 is 0 Å². The van der Waals surface area contributed by atoms with Gasteiger partial charge in [-0.2, -0.15) is 0 Å². The summed E-state index contributed by atoms with van der Waals surface area (Å²) in [6, 6.07) is 0. The second-order valence-corrected chi connectivity index (χ2v) is 5.65. The van der Waals surface area contributed by atoms with Crippen LogP contribution in [0.25, 0.3) is 0 Å². The molecule has 0 amide bonds. The zero-order valence-electron chi connectivity index (χ0n) is 10.9. The molecule has 1 aliphatic rings. The second kappa shape index (κ2) is 5.96. The number of rotatable bonds is 4. The minimum Gasteiger partial charge on any atom is -0.393 e. The van der Waals surface area contributed by atoms with Gasteiger partial charge in [0.15, 0.2) is 0 Å². The topological polar surface area (TPSA) is 46.9 Å². The van der Waals surface area contributed by atoms with E-state index in [0.29, 0.717) is 0 Å². The molecule has 0 bridgehead atoms. The van der Waals surface area contributed by atoms with Crippen LogP contribution in [0.1, 0.15) is 12.8 Å². The molecule has 0 heterocycles. The van der Waals surface area contributed by atoms with E-state index in [1.807, 2.05) is 28.2 Å². The molecule has 16 heavy (non-hydrogen) atoms. The summed E-state index contributed by atoms with van der Waals surface area (Å²) in [7, 11) is 8.02. The van der Waals surface area contributed by atoms with Crippen LogP contribution in [0.2, 0.25) is 0 Å². The second-order valence-electron chi connectivity index (χ2n) is 5.65. The highest BCUT2D eigenvalue weighted by atomic mass is 16.3. The van der Waals surface area contributed by atoms with Crippen molar-refractivity contribution in [1.82, 2.24) is 9.80 Å². The first kappa shape index (κ1) is 13.9. The Balaban J connectivity index is 2.49. The van der Waals surface area contributed by atoms with Crippen LogP contribution in [0, 0.1) is 11.8 Å². The zero-order chi connectivity index (χ0) is 12.3. The summed E-state index contributed by atoms with van der Waals surface area (Å²) in [5.74, 6) is 0.423. The summed E-state index contributed by atoms with van der Waals surface area (Å²) in [4.78, 5) is 4.15. The minimum atomic E-state index is -0.268. The molecule has 1 fully saturated rings. The zero-order valence-corrected chi connectivity index (χ0v) is 10.9. The van der Waals surface area contributed by atoms with Crippen molar-refractivity contribution >= 4 is 0 Å². The average molecular weight is 230 g/mol. The molecule has 0 aromatic carbocycles. The molecule has 0 aliphatic heterocycles. The summed E-state index contributed by atoms with van der Waals surface area (Å²) in [6.07, 6.45) is 0.905. The normalized spacial score (nSPS) is 36.0. The van der Waals surface area contributed by atoms with E-state index in [9.17, 15) is 10.2 Å². The van der Waals surface area contributed by atoms with Gasteiger partial charge in [-0.05, 0) is 52.9 Å². The van der Waals surface area contributed by atoms with Crippen molar-refractivity contribution in [1.29, 1.82) is 0 Å². The molecule has 0 unspecified atom stereocenters. The number of aliphatic hydroxyl groups excluding tert-OH is 2. The first-order chi connectivity index (χ1) is 7.40. The van der Waals surface area contributed by atoms with Gasteiger partial charge in [0.2, 0.25) is 0 Å². The lowest BCUT2D eigenvalue weighted by atomic mass is 9.77. The van der Waals surface area contributed by atoms with Gasteiger partial charge >= 0.3 is 0 Å². The molecule has 1 rings (SSSR count). The Hall–Kier alpha value is -0.160. The Morgan fingerprint density at radius 3 is 1.38 bits per heavy atom. The van der Waals surface area contributed by atoms with E-state index in [1.54, 1.807) is 0 Å². The summed E-state index contributed by atoms with van der Waals surface area (Å²) in [6.45, 7) is 1.71. The maximum atomic E-state index is 10.1. The van der Waals surface area contributed by atoms with E-state index in [0.717, 1.165) is 25.9 Å². The smallest absolute Gasteiger partial charge is 0.0585 e. The van der Waals surface area contributed by atoms with Crippen LogP contribution in [-0.2, 0) is 0 Å². The van der Waals surface area contributed by atoms with E-state index >= 15 is 0 Å². The highest BCUT2D eigenvalue weighted by Crippen LogP contribution is 2.30. The average Bonchev–Trinajstić information content (AvgIpc) is 2.11. The van der Waals surface area contributed by atoms with Gasteiger partial charge in [-0.15, -0.1) is 0 Å². The fourth-order valence-electron chi connectivity index (χ4n) is 2.65. The quantitative estimate of drug-likeness (QED) is 0.705. The van der Waals surface area contributed by atoms with Gasteiger partial charge < -0.3 is 20.0 Å². The highest BCUT2D eigenvalue weighted by molar-refractivity contribution is 4.87. The molecule has 1 saturated carbocycles. The summed E-state index contributed by atoms with van der Waals surface area (Å²) >= 11 is 0. The van der Waals surface area contributed by atoms with Crippen LogP contribution in [0.15, 0.2) is 0 Å². The van der Waals surface area contributed by atoms with Crippen molar-refractivity contribution in [2.24, 2.45) is 11.8 Å². The van der Waals surface area contributed by atoms with Crippen molar-refractivity contribution in [2.45, 2.75) is 25.0 Å². The molecule has 2 N–H and O–H groups in total. The largest absolute Gasteiger partial charge is 0.393 e. The first-order valence-corrected chi connectivity index (χ1v) is 6.05. The Bertz CT molecular complexity index is 187. The minimum absolute atomic E-state index is 0.211. The summed E-state index contributed by atoms with van der Waals surface area (Å²) in [5, 5.41) is 20.1. The standard InChI is InChI=1S/C12H26N2O2/c1-13(2)7-9-5-12(16)10(6-11(9)15)8-14(3)4/h9-12,15-16H,5-8H2,1-4H3/t9-,10+,11+,12-. The summed E-state index contributed by atoms with van der Waals surface area (Å²) < 4.78 is 0. The van der Waals surface area contributed by atoms with Crippen molar-refractivity contribution in [2.75, 3.05) is 41.3 Å². The maximum Gasteiger partial charge on any atom is 0.0585 e. The van der Waals surface area contributed by atoms with Crippen molar-refractivity contribution in [3.8, 4) is 0 Å². The highest BCUT2D eigenvalue weighted by Gasteiger charge is 2.35. The van der Waals surface area contributed by atoms with Gasteiger partial charge in [-0.1, -0.05) is 0 Å². The van der Waals surface area contributed by atoms with Crippen LogP contribution in [-0.4, -0.2) is 73.5 Å². The molecule has 4 atom stereocenters. The van der Waals surface area contributed by atoms with Gasteiger partial charge in [-0.3, -0.25) is 0 Å². The molecule has 4 heteroatoms. The van der Waals surface area contributed by atoms with E-state index in [-0.39, 0.29) is 24.0 Å². The van der Waals surface area contributed by atoms with Gasteiger partial charge in [0.1, 0.15) is 0 Å². The molecule has 0 aromatic rings. The van der Waals surface area contributed by atoms with Gasteiger partial charge in [0.05, 0.1) is 12.2 Å². The molecule has 0 radical (unpaired) electrons. The third-order valence-corrected chi connectivity index (χ3v) is 3.38. The van der Waals surface area contributed by atoms with Crippen LogP contribution in [0.3, 0.4) is 0 Å². The lowest BCUT2D eigenvalue weighted by Crippen LogP contribution is -2.45. The Kier molecular flexibility index (Phi) is 5.18. The number of hydrogen-bond acceptors (Lipinski definition) is 4. The van der Waals surface area contributed by atoms with Crippen LogP contribution in [0.5, 0.6) is 0 Å². The molecular weight excluding hydrogens is 204 g/mol. The Morgan fingerprint density at radius 2 is 1.12 bits per heavy atom. The number of aliphatic hydroxyl groups is 2. The van der Waals surface area contributed by atoms with Crippen LogP contribution in [0.4, 0.5) is 0 Å². The molecule has 1 aliphatic carbocycles. The van der Waals surface area contributed by atoms with E-state index < -0.39 is 0 Å². The third kappa shape index (κ3) is 4.01. The first-order valence-electron chi connectivity index (χ1n) is 6.05. The van der Waals surface area contributed by atoms with Gasteiger partial charge in [-0.25, -0.2) is 0 Å². The van der Waals surface area contributed by atoms with Crippen LogP contribution < -0.4 is 0 Å². The van der Waals surface area contributed by atoms with E-state index in [2.05, 4.69) is 9.80 Å². The molecule has 0 saturated heterocycles. The van der Waals surface area contributed by atoms with E-state index in [4.69, 9.17) is 0 Å². The molecule has 4 nitrogen and oxygen atoms in total. The lowest BCUT2D eigenvalue weighted by Gasteiger charge is -2.39. The monoisotopic (exact) mass is 230 g/mol. The predicted octanol–water partition coefficient (Wildman–Crippen LogP) is -0.142. The Morgan fingerprint density at radius 1 is 0.812 bits per heavy atom. The predicted molar refractivity (Wildman–Crippen MR) is 65.3 cm³/mol. The molecular formula is C12H26N2O2. The fraction of sp³-hybridized carbons (Fsp3) is 1.00. The van der Waals surface area contributed by atoms with Gasteiger partial charge in [0.25, 0.3) is 0 Å². The van der Waals surface area contributed by atoms with Crippen molar-refractivity contribution < 1.29 is 10.2 Å². The molecule has 0 aromatic heterocycles. The van der Waals surface area contributed by atoms with E-state index in [1.165, 1.54) is 0 Å². The van der Waals surface area contributed by atoms with Crippen molar-refractivity contribution in [3.63, 3.8) is 0 Å². The van der Waals surface area contributed by atoms with Crippen molar-refractivity contribution in [3.05, 3.63) is 0 Å². The number of nitrogens with zero attached hydrogens (tertiary/aromatic N) is 2. The third-order valence-electron chi connectivity index (χ3n) is 3.38. The lowest BCUT2D eigenvalue weighted by molar-refractivity contribution is -0.0444. The number of hydrogen-bond donors (Lipinski definition) is 2. The maximum absolute atomic E-state index is 10.1. The summed E-state index contributed by atoms with van der Waals surface area (Å²) in [5.41, 5.74) is 0. The molecule has 0 spiro atoms.